The minimum atomic E-state index is -0.0781. The van der Waals surface area contributed by atoms with E-state index in [1.165, 1.54) is 0 Å². The molecule has 0 aromatic carbocycles. The number of rotatable bonds is 7. The van der Waals surface area contributed by atoms with Crippen molar-refractivity contribution < 1.29 is 9.53 Å². The Morgan fingerprint density at radius 1 is 1.30 bits per heavy atom. The zero-order valence-corrected chi connectivity index (χ0v) is 16.6. The van der Waals surface area contributed by atoms with Gasteiger partial charge in [0.2, 0.25) is 0 Å². The van der Waals surface area contributed by atoms with Crippen molar-refractivity contribution in [2.75, 3.05) is 20.3 Å². The molecule has 3 aromatic heterocycles. The first-order valence-corrected chi connectivity index (χ1v) is 9.05. The number of fused-ring (bicyclic) bond motifs is 1. The second-order valence-electron chi connectivity index (χ2n) is 6.58. The third-order valence-electron chi connectivity index (χ3n) is 4.88. The van der Waals surface area contributed by atoms with Gasteiger partial charge in [-0.2, -0.15) is 10.2 Å². The number of pyridine rings is 1. The highest BCUT2D eigenvalue weighted by Gasteiger charge is 2.21. The molecule has 0 atom stereocenters. The lowest BCUT2D eigenvalue weighted by molar-refractivity contribution is 0.0679. The fourth-order valence-corrected chi connectivity index (χ4v) is 3.24. The molecule has 8 nitrogen and oxygen atoms in total. The topological polar surface area (TPSA) is 78.1 Å². The van der Waals surface area contributed by atoms with E-state index in [1.807, 2.05) is 31.6 Å². The van der Waals surface area contributed by atoms with Crippen LogP contribution in [0.2, 0.25) is 0 Å². The number of amides is 1. The van der Waals surface area contributed by atoms with E-state index in [1.54, 1.807) is 29.1 Å². The average molecular weight is 370 g/mol. The maximum atomic E-state index is 13.2. The van der Waals surface area contributed by atoms with Crippen molar-refractivity contribution in [3.05, 3.63) is 41.0 Å². The van der Waals surface area contributed by atoms with E-state index in [9.17, 15) is 4.79 Å². The van der Waals surface area contributed by atoms with Gasteiger partial charge < -0.3 is 9.64 Å². The third kappa shape index (κ3) is 3.71. The average Bonchev–Trinajstić information content (AvgIpc) is 3.17. The lowest BCUT2D eigenvalue weighted by atomic mass is 10.1. The van der Waals surface area contributed by atoms with Crippen LogP contribution in [0.5, 0.6) is 0 Å². The smallest absolute Gasteiger partial charge is 0.255 e. The van der Waals surface area contributed by atoms with Crippen LogP contribution in [0.15, 0.2) is 18.5 Å². The fourth-order valence-electron chi connectivity index (χ4n) is 3.24. The Balaban J connectivity index is 1.92. The van der Waals surface area contributed by atoms with Crippen LogP contribution in [0.3, 0.4) is 0 Å². The van der Waals surface area contributed by atoms with Gasteiger partial charge in [0.15, 0.2) is 0 Å². The minimum absolute atomic E-state index is 0.0781. The van der Waals surface area contributed by atoms with Crippen molar-refractivity contribution in [3.63, 3.8) is 0 Å². The van der Waals surface area contributed by atoms with Crippen LogP contribution in [0.4, 0.5) is 0 Å². The Labute approximate surface area is 158 Å². The number of hydrogen-bond donors (Lipinski definition) is 0. The normalized spacial score (nSPS) is 11.3. The summed E-state index contributed by atoms with van der Waals surface area (Å²) in [6, 6.07) is 1.84. The molecule has 0 aliphatic rings. The fraction of sp³-hybridized carbons (Fsp3) is 0.474. The summed E-state index contributed by atoms with van der Waals surface area (Å²) in [5, 5.41) is 8.76. The number of aryl methyl sites for hydroxylation is 3. The molecule has 0 saturated carbocycles. The second-order valence-corrected chi connectivity index (χ2v) is 6.58. The molecule has 0 fully saturated rings. The first-order chi connectivity index (χ1) is 13.0. The van der Waals surface area contributed by atoms with Gasteiger partial charge in [-0.05, 0) is 26.8 Å². The number of ether oxygens (including phenoxy) is 1. The highest BCUT2D eigenvalue weighted by atomic mass is 16.5. The summed E-state index contributed by atoms with van der Waals surface area (Å²) in [6.45, 7) is 8.34. The number of nitrogens with zero attached hydrogens (tertiary/aromatic N) is 6. The largest absolute Gasteiger partial charge is 0.383 e. The highest BCUT2D eigenvalue weighted by Crippen LogP contribution is 2.19. The molecule has 3 aromatic rings. The lowest BCUT2D eigenvalue weighted by Crippen LogP contribution is -2.34. The number of aromatic nitrogens is 5. The van der Waals surface area contributed by atoms with Crippen LogP contribution in [0.1, 0.15) is 34.2 Å². The van der Waals surface area contributed by atoms with Crippen molar-refractivity contribution in [3.8, 4) is 0 Å². The maximum absolute atomic E-state index is 13.2. The first kappa shape index (κ1) is 19.0. The predicted molar refractivity (Wildman–Crippen MR) is 103 cm³/mol. The summed E-state index contributed by atoms with van der Waals surface area (Å²) in [4.78, 5) is 19.4. The Morgan fingerprint density at radius 2 is 2.07 bits per heavy atom. The number of methoxy groups -OCH3 is 1. The van der Waals surface area contributed by atoms with Gasteiger partial charge >= 0.3 is 0 Å². The molecule has 0 unspecified atom stereocenters. The highest BCUT2D eigenvalue weighted by molar-refractivity contribution is 5.96. The zero-order chi connectivity index (χ0) is 19.6. The van der Waals surface area contributed by atoms with E-state index in [2.05, 4.69) is 22.1 Å². The molecule has 0 spiro atoms. The summed E-state index contributed by atoms with van der Waals surface area (Å²) >= 11 is 0. The quantitative estimate of drug-likeness (QED) is 0.636. The van der Waals surface area contributed by atoms with Crippen LogP contribution >= 0.6 is 0 Å². The van der Waals surface area contributed by atoms with Crippen LogP contribution < -0.4 is 0 Å². The maximum Gasteiger partial charge on any atom is 0.255 e. The molecule has 3 heterocycles. The summed E-state index contributed by atoms with van der Waals surface area (Å²) in [5.74, 6) is -0.0781. The van der Waals surface area contributed by atoms with Gasteiger partial charge in [-0.3, -0.25) is 19.1 Å². The molecule has 27 heavy (non-hydrogen) atoms. The molecule has 0 aliphatic carbocycles. The van der Waals surface area contributed by atoms with Crippen LogP contribution in [0.25, 0.3) is 11.0 Å². The molecule has 0 aliphatic heterocycles. The van der Waals surface area contributed by atoms with E-state index in [0.29, 0.717) is 25.3 Å². The molecule has 0 bridgehead atoms. The van der Waals surface area contributed by atoms with Gasteiger partial charge in [0, 0.05) is 51.2 Å². The van der Waals surface area contributed by atoms with E-state index in [-0.39, 0.29) is 5.91 Å². The summed E-state index contributed by atoms with van der Waals surface area (Å²) in [5.41, 5.74) is 5.26. The van der Waals surface area contributed by atoms with Crippen LogP contribution in [-0.2, 0) is 24.9 Å². The molecule has 0 radical (unpaired) electrons. The Morgan fingerprint density at radius 3 is 2.74 bits per heavy atom. The first-order valence-electron chi connectivity index (χ1n) is 9.05. The van der Waals surface area contributed by atoms with Gasteiger partial charge in [-0.25, -0.2) is 0 Å². The molecule has 144 valence electrons. The van der Waals surface area contributed by atoms with Crippen molar-refractivity contribution in [1.82, 2.24) is 29.4 Å². The van der Waals surface area contributed by atoms with E-state index < -0.39 is 0 Å². The van der Waals surface area contributed by atoms with Gasteiger partial charge in [-0.1, -0.05) is 0 Å². The minimum Gasteiger partial charge on any atom is -0.383 e. The number of hydrogen-bond acceptors (Lipinski definition) is 5. The van der Waals surface area contributed by atoms with Gasteiger partial charge in [0.05, 0.1) is 29.6 Å². The molecule has 3 rings (SSSR count). The Bertz CT molecular complexity index is 959. The van der Waals surface area contributed by atoms with Crippen molar-refractivity contribution >= 4 is 16.9 Å². The summed E-state index contributed by atoms with van der Waals surface area (Å²) in [6.07, 6.45) is 3.31. The molecule has 0 saturated heterocycles. The van der Waals surface area contributed by atoms with E-state index >= 15 is 0 Å². The molecule has 1 amide bonds. The molecular weight excluding hydrogens is 344 g/mol. The van der Waals surface area contributed by atoms with Crippen molar-refractivity contribution in [2.45, 2.75) is 33.9 Å². The van der Waals surface area contributed by atoms with Gasteiger partial charge in [-0.15, -0.1) is 0 Å². The predicted octanol–water partition coefficient (Wildman–Crippen LogP) is 2.09. The summed E-state index contributed by atoms with van der Waals surface area (Å²) < 4.78 is 8.90. The number of carbonyl (C=O) groups is 1. The summed E-state index contributed by atoms with van der Waals surface area (Å²) in [7, 11) is 3.48. The van der Waals surface area contributed by atoms with Gasteiger partial charge in [0.1, 0.15) is 5.52 Å². The van der Waals surface area contributed by atoms with E-state index in [0.717, 1.165) is 34.5 Å². The second kappa shape index (κ2) is 7.87. The number of carbonyl (C=O) groups excluding carboxylic acids is 1. The SMILES string of the molecule is CCn1nc(C)c(CN(CCOC)C(=O)c2cnc3cnn(C)c3c2)c1C. The molecule has 0 N–H and O–H groups in total. The van der Waals surface area contributed by atoms with Crippen molar-refractivity contribution in [1.29, 1.82) is 0 Å². The standard InChI is InChI=1S/C19H26N6O2/c1-6-25-14(3)16(13(2)22-25)12-24(7-8-27-5)19(26)15-9-18-17(20-10-15)11-21-23(18)4/h9-11H,6-8,12H2,1-5H3. The monoisotopic (exact) mass is 370 g/mol. The van der Waals surface area contributed by atoms with Crippen LogP contribution in [0, 0.1) is 13.8 Å². The molecule has 8 heteroatoms. The Hall–Kier alpha value is -2.74. The van der Waals surface area contributed by atoms with Gasteiger partial charge in [0.25, 0.3) is 5.91 Å². The zero-order valence-electron chi connectivity index (χ0n) is 16.6. The Kier molecular flexibility index (Phi) is 5.55. The third-order valence-corrected chi connectivity index (χ3v) is 4.88. The van der Waals surface area contributed by atoms with Crippen molar-refractivity contribution in [2.24, 2.45) is 7.05 Å². The van der Waals surface area contributed by atoms with E-state index in [4.69, 9.17) is 4.74 Å². The molecular formula is C19H26N6O2. The lowest BCUT2D eigenvalue weighted by Gasteiger charge is -2.23. The van der Waals surface area contributed by atoms with Crippen LogP contribution in [-0.4, -0.2) is 55.6 Å².